The van der Waals surface area contributed by atoms with Crippen LogP contribution in [-0.4, -0.2) is 10.6 Å². The van der Waals surface area contributed by atoms with Crippen molar-refractivity contribution in [2.45, 2.75) is 6.92 Å². The first-order valence-corrected chi connectivity index (χ1v) is 4.20. The molecule has 0 fully saturated rings. The van der Waals surface area contributed by atoms with E-state index in [1.54, 1.807) is 19.1 Å². The van der Waals surface area contributed by atoms with Gasteiger partial charge in [-0.25, -0.2) is 4.79 Å². The Morgan fingerprint density at radius 1 is 1.38 bits per heavy atom. The molecule has 0 saturated carbocycles. The summed E-state index contributed by atoms with van der Waals surface area (Å²) in [7, 11) is 0. The van der Waals surface area contributed by atoms with Gasteiger partial charge in [-0.15, -0.1) is 4.57 Å². The lowest BCUT2D eigenvalue weighted by molar-refractivity contribution is -0.564. The first-order chi connectivity index (χ1) is 6.04. The van der Waals surface area contributed by atoms with Crippen LogP contribution in [0.15, 0.2) is 18.3 Å². The third-order valence-corrected chi connectivity index (χ3v) is 1.93. The van der Waals surface area contributed by atoms with E-state index >= 15 is 0 Å². The number of carbonyl (C=O) groups is 2. The molecule has 0 aromatic carbocycles. The highest BCUT2D eigenvalue weighted by Gasteiger charge is 2.24. The van der Waals surface area contributed by atoms with Gasteiger partial charge in [0.05, 0.1) is 0 Å². The Labute approximate surface area is 84.9 Å². The van der Waals surface area contributed by atoms with Crippen LogP contribution in [0.3, 0.4) is 0 Å². The molecule has 3 nitrogen and oxygen atoms in total. The van der Waals surface area contributed by atoms with E-state index < -0.39 is 10.6 Å². The molecule has 0 spiro atoms. The highest BCUT2D eigenvalue weighted by atomic mass is 35.5. The third kappa shape index (κ3) is 2.05. The van der Waals surface area contributed by atoms with Crippen LogP contribution in [0.2, 0.25) is 0 Å². The Balaban J connectivity index is 3.43. The Morgan fingerprint density at radius 2 is 2.00 bits per heavy atom. The van der Waals surface area contributed by atoms with Gasteiger partial charge in [0, 0.05) is 23.2 Å². The lowest BCUT2D eigenvalue weighted by Crippen LogP contribution is -2.44. The zero-order valence-electron chi connectivity index (χ0n) is 6.75. The molecule has 0 unspecified atom stereocenters. The lowest BCUT2D eigenvalue weighted by Gasteiger charge is -1.96. The van der Waals surface area contributed by atoms with Crippen molar-refractivity contribution in [1.82, 2.24) is 0 Å². The Morgan fingerprint density at radius 3 is 2.38 bits per heavy atom. The number of nitrogens with zero attached hydrogens (tertiary/aromatic N) is 1. The van der Waals surface area contributed by atoms with E-state index in [1.165, 1.54) is 6.20 Å². The number of aromatic nitrogens is 1. The van der Waals surface area contributed by atoms with Crippen LogP contribution < -0.4 is 4.57 Å². The fourth-order valence-corrected chi connectivity index (χ4v) is 1.39. The molecule has 0 radical (unpaired) electrons. The molecule has 13 heavy (non-hydrogen) atoms. The average Bonchev–Trinajstić information content (AvgIpc) is 2.02. The summed E-state index contributed by atoms with van der Waals surface area (Å²) in [6.45, 7) is 1.67. The molecule has 0 atom stereocenters. The van der Waals surface area contributed by atoms with Crippen molar-refractivity contribution in [3.63, 3.8) is 0 Å². The first-order valence-electron chi connectivity index (χ1n) is 3.45. The van der Waals surface area contributed by atoms with Gasteiger partial charge in [0.2, 0.25) is 0 Å². The highest BCUT2D eigenvalue weighted by molar-refractivity contribution is 6.67. The number of rotatable bonds is 1. The molecule has 0 bridgehead atoms. The summed E-state index contributed by atoms with van der Waals surface area (Å²) in [4.78, 5) is 21.8. The van der Waals surface area contributed by atoms with Gasteiger partial charge >= 0.3 is 10.6 Å². The Kier molecular flexibility index (Phi) is 3.01. The second-order valence-corrected chi connectivity index (χ2v) is 3.10. The van der Waals surface area contributed by atoms with E-state index in [0.717, 1.165) is 4.57 Å². The van der Waals surface area contributed by atoms with Gasteiger partial charge in [0.25, 0.3) is 5.69 Å². The molecule has 1 heterocycles. The van der Waals surface area contributed by atoms with Crippen molar-refractivity contribution in [2.75, 3.05) is 0 Å². The predicted octanol–water partition coefficient (Wildman–Crippen LogP) is 1.87. The van der Waals surface area contributed by atoms with Crippen LogP contribution in [0, 0.1) is 6.92 Å². The number of pyridine rings is 1. The second kappa shape index (κ2) is 3.85. The smallest absolute Gasteiger partial charge is 0.269 e. The van der Waals surface area contributed by atoms with Gasteiger partial charge in [-0.2, -0.15) is 0 Å². The zero-order valence-corrected chi connectivity index (χ0v) is 8.26. The standard InChI is InChI=1S/C8H6Cl2NO2/c1-5-3-2-4-11(8(10)13)6(5)7(9)12/h2-4H,1H3/q+1. The predicted molar refractivity (Wildman–Crippen MR) is 48.2 cm³/mol. The van der Waals surface area contributed by atoms with Crippen molar-refractivity contribution in [1.29, 1.82) is 0 Å². The Hall–Kier alpha value is -0.930. The van der Waals surface area contributed by atoms with E-state index in [0.29, 0.717) is 5.56 Å². The summed E-state index contributed by atoms with van der Waals surface area (Å²) >= 11 is 10.5. The number of hydrogen-bond donors (Lipinski definition) is 0. The minimum atomic E-state index is -0.757. The number of aryl methyl sites for hydroxylation is 1. The van der Waals surface area contributed by atoms with Gasteiger partial charge in [-0.05, 0) is 24.6 Å². The van der Waals surface area contributed by atoms with Gasteiger partial charge in [0.1, 0.15) is 0 Å². The molecule has 0 saturated heterocycles. The van der Waals surface area contributed by atoms with Gasteiger partial charge in [-0.3, -0.25) is 4.79 Å². The number of hydrogen-bond acceptors (Lipinski definition) is 2. The molecule has 0 aliphatic rings. The van der Waals surface area contributed by atoms with Crippen LogP contribution in [0.25, 0.3) is 0 Å². The van der Waals surface area contributed by atoms with Crippen molar-refractivity contribution >= 4 is 33.8 Å². The minimum absolute atomic E-state index is 0.101. The molecular weight excluding hydrogens is 213 g/mol. The molecule has 0 aliphatic heterocycles. The maximum absolute atomic E-state index is 10.9. The lowest BCUT2D eigenvalue weighted by atomic mass is 10.2. The molecule has 1 aromatic heterocycles. The van der Waals surface area contributed by atoms with E-state index in [9.17, 15) is 9.59 Å². The van der Waals surface area contributed by atoms with E-state index in [1.807, 2.05) is 0 Å². The second-order valence-electron chi connectivity index (χ2n) is 2.44. The van der Waals surface area contributed by atoms with Crippen molar-refractivity contribution in [3.8, 4) is 0 Å². The van der Waals surface area contributed by atoms with Crippen LogP contribution in [-0.2, 0) is 0 Å². The SMILES string of the molecule is Cc1ccc[n+](C(=O)Cl)c1C(=O)Cl. The van der Waals surface area contributed by atoms with E-state index in [4.69, 9.17) is 23.2 Å². The molecule has 68 valence electrons. The molecule has 5 heteroatoms. The minimum Gasteiger partial charge on any atom is -0.269 e. The molecule has 1 aromatic rings. The molecular formula is C8H6Cl2NO2+. The number of halogens is 2. The highest BCUT2D eigenvalue weighted by Crippen LogP contribution is 2.05. The van der Waals surface area contributed by atoms with Crippen molar-refractivity contribution in [2.24, 2.45) is 0 Å². The summed E-state index contributed by atoms with van der Waals surface area (Å²) < 4.78 is 1.01. The normalized spacial score (nSPS) is 9.77. The van der Waals surface area contributed by atoms with Gasteiger partial charge in [-0.1, -0.05) is 0 Å². The Bertz CT molecular complexity index is 376. The van der Waals surface area contributed by atoms with Crippen LogP contribution in [0.4, 0.5) is 4.79 Å². The quantitative estimate of drug-likeness (QED) is 0.534. The molecule has 0 amide bonds. The summed E-state index contributed by atoms with van der Waals surface area (Å²) in [6.07, 6.45) is 1.39. The van der Waals surface area contributed by atoms with Crippen molar-refractivity contribution in [3.05, 3.63) is 29.6 Å². The topological polar surface area (TPSA) is 38.0 Å². The van der Waals surface area contributed by atoms with E-state index in [2.05, 4.69) is 0 Å². The maximum atomic E-state index is 10.9. The third-order valence-electron chi connectivity index (χ3n) is 1.57. The summed E-state index contributed by atoms with van der Waals surface area (Å²) in [5.41, 5.74) is 0.709. The zero-order chi connectivity index (χ0) is 10.0. The fourth-order valence-electron chi connectivity index (χ4n) is 1.01. The van der Waals surface area contributed by atoms with E-state index in [-0.39, 0.29) is 5.69 Å². The average molecular weight is 219 g/mol. The van der Waals surface area contributed by atoms with Crippen LogP contribution in [0.5, 0.6) is 0 Å². The maximum Gasteiger partial charge on any atom is 0.492 e. The number of carbonyl (C=O) groups excluding carboxylic acids is 2. The van der Waals surface area contributed by atoms with Crippen LogP contribution >= 0.6 is 23.2 Å². The van der Waals surface area contributed by atoms with Gasteiger partial charge in [0.15, 0.2) is 6.20 Å². The van der Waals surface area contributed by atoms with Gasteiger partial charge < -0.3 is 0 Å². The summed E-state index contributed by atoms with van der Waals surface area (Å²) in [5, 5.41) is -1.46. The first kappa shape index (κ1) is 10.2. The summed E-state index contributed by atoms with van der Waals surface area (Å²) in [6, 6.07) is 3.28. The fraction of sp³-hybridized carbons (Fsp3) is 0.125. The van der Waals surface area contributed by atoms with Crippen LogP contribution in [0.1, 0.15) is 16.1 Å². The molecule has 0 N–H and O–H groups in total. The van der Waals surface area contributed by atoms with Crippen molar-refractivity contribution < 1.29 is 14.2 Å². The summed E-state index contributed by atoms with van der Waals surface area (Å²) in [5.74, 6) is 0. The molecule has 0 aliphatic carbocycles. The largest absolute Gasteiger partial charge is 0.492 e. The monoisotopic (exact) mass is 218 g/mol. The molecule has 1 rings (SSSR count).